The van der Waals surface area contributed by atoms with Crippen LogP contribution in [-0.4, -0.2) is 18.5 Å². The van der Waals surface area contributed by atoms with Crippen molar-refractivity contribution in [1.29, 1.82) is 0 Å². The maximum atomic E-state index is 11.4. The molecule has 1 aliphatic carbocycles. The van der Waals surface area contributed by atoms with Crippen LogP contribution in [0.2, 0.25) is 0 Å². The third-order valence-electron chi connectivity index (χ3n) is 3.12. The van der Waals surface area contributed by atoms with E-state index in [1.54, 1.807) is 0 Å². The molecule has 15 heavy (non-hydrogen) atoms. The second kappa shape index (κ2) is 6.11. The molecule has 3 heteroatoms. The average molecular weight is 212 g/mol. The van der Waals surface area contributed by atoms with E-state index in [1.807, 2.05) is 0 Å². The highest BCUT2D eigenvalue weighted by atomic mass is 16.1. The SMILES string of the molecule is CC(C)CCC(=O)NCC1CCC(N)C1. The summed E-state index contributed by atoms with van der Waals surface area (Å²) in [6.07, 6.45) is 5.01. The fourth-order valence-corrected chi connectivity index (χ4v) is 2.07. The Morgan fingerprint density at radius 2 is 2.20 bits per heavy atom. The number of nitrogens with two attached hydrogens (primary N) is 1. The monoisotopic (exact) mass is 212 g/mol. The van der Waals surface area contributed by atoms with Gasteiger partial charge in [0.05, 0.1) is 0 Å². The van der Waals surface area contributed by atoms with Crippen molar-refractivity contribution in [3.63, 3.8) is 0 Å². The lowest BCUT2D eigenvalue weighted by molar-refractivity contribution is -0.121. The summed E-state index contributed by atoms with van der Waals surface area (Å²) in [4.78, 5) is 11.4. The molecular weight excluding hydrogens is 188 g/mol. The molecule has 0 aliphatic heterocycles. The molecule has 3 nitrogen and oxygen atoms in total. The highest BCUT2D eigenvalue weighted by molar-refractivity contribution is 5.75. The van der Waals surface area contributed by atoms with Crippen LogP contribution < -0.4 is 11.1 Å². The van der Waals surface area contributed by atoms with Gasteiger partial charge in [-0.25, -0.2) is 0 Å². The molecule has 2 unspecified atom stereocenters. The van der Waals surface area contributed by atoms with Crippen molar-refractivity contribution in [1.82, 2.24) is 5.32 Å². The summed E-state index contributed by atoms with van der Waals surface area (Å²) in [6, 6.07) is 0.363. The van der Waals surface area contributed by atoms with Gasteiger partial charge in [-0.3, -0.25) is 4.79 Å². The van der Waals surface area contributed by atoms with Gasteiger partial charge in [-0.05, 0) is 37.5 Å². The lowest BCUT2D eigenvalue weighted by Gasteiger charge is -2.11. The van der Waals surface area contributed by atoms with Crippen LogP contribution >= 0.6 is 0 Å². The lowest BCUT2D eigenvalue weighted by Crippen LogP contribution is -2.29. The summed E-state index contributed by atoms with van der Waals surface area (Å²) in [7, 11) is 0. The zero-order valence-corrected chi connectivity index (χ0v) is 9.96. The fraction of sp³-hybridized carbons (Fsp3) is 0.917. The molecule has 0 spiro atoms. The Hall–Kier alpha value is -0.570. The molecule has 3 N–H and O–H groups in total. The Bertz CT molecular complexity index is 204. The van der Waals surface area contributed by atoms with Crippen LogP contribution in [0.4, 0.5) is 0 Å². The van der Waals surface area contributed by atoms with Crippen molar-refractivity contribution < 1.29 is 4.79 Å². The van der Waals surface area contributed by atoms with Crippen LogP contribution in [0.1, 0.15) is 46.0 Å². The molecule has 1 rings (SSSR count). The second-order valence-electron chi connectivity index (χ2n) is 5.18. The van der Waals surface area contributed by atoms with Crippen molar-refractivity contribution >= 4 is 5.91 Å². The summed E-state index contributed by atoms with van der Waals surface area (Å²) in [6.45, 7) is 5.11. The molecular formula is C12H24N2O. The topological polar surface area (TPSA) is 55.1 Å². The number of nitrogens with one attached hydrogen (secondary N) is 1. The molecule has 0 aromatic rings. The predicted octanol–water partition coefficient (Wildman–Crippen LogP) is 1.67. The van der Waals surface area contributed by atoms with Crippen LogP contribution in [0.5, 0.6) is 0 Å². The number of hydrogen-bond acceptors (Lipinski definition) is 2. The lowest BCUT2D eigenvalue weighted by atomic mass is 10.1. The Labute approximate surface area is 92.8 Å². The standard InChI is InChI=1S/C12H24N2O/c1-9(2)3-6-12(15)14-8-10-4-5-11(13)7-10/h9-11H,3-8,13H2,1-2H3,(H,14,15). The van der Waals surface area contributed by atoms with Gasteiger partial charge in [0.1, 0.15) is 0 Å². The van der Waals surface area contributed by atoms with E-state index in [2.05, 4.69) is 19.2 Å². The molecule has 0 bridgehead atoms. The smallest absolute Gasteiger partial charge is 0.220 e. The Kier molecular flexibility index (Phi) is 5.09. The molecule has 0 saturated heterocycles. The third kappa shape index (κ3) is 5.17. The van der Waals surface area contributed by atoms with Crippen molar-refractivity contribution in [3.05, 3.63) is 0 Å². The van der Waals surface area contributed by atoms with E-state index in [4.69, 9.17) is 5.73 Å². The third-order valence-corrected chi connectivity index (χ3v) is 3.12. The first kappa shape index (κ1) is 12.5. The Balaban J connectivity index is 2.06. The van der Waals surface area contributed by atoms with Crippen molar-refractivity contribution in [2.75, 3.05) is 6.54 Å². The predicted molar refractivity (Wildman–Crippen MR) is 62.4 cm³/mol. The normalized spacial score (nSPS) is 25.9. The fourth-order valence-electron chi connectivity index (χ4n) is 2.07. The summed E-state index contributed by atoms with van der Waals surface area (Å²) in [5.41, 5.74) is 5.82. The van der Waals surface area contributed by atoms with Gasteiger partial charge in [-0.2, -0.15) is 0 Å². The minimum Gasteiger partial charge on any atom is -0.356 e. The highest BCUT2D eigenvalue weighted by Crippen LogP contribution is 2.23. The van der Waals surface area contributed by atoms with Crippen LogP contribution in [0, 0.1) is 11.8 Å². The van der Waals surface area contributed by atoms with E-state index < -0.39 is 0 Å². The van der Waals surface area contributed by atoms with Gasteiger partial charge >= 0.3 is 0 Å². The van der Waals surface area contributed by atoms with E-state index in [9.17, 15) is 4.79 Å². The first-order valence-corrected chi connectivity index (χ1v) is 6.10. The van der Waals surface area contributed by atoms with E-state index in [0.717, 1.165) is 25.8 Å². The Morgan fingerprint density at radius 3 is 2.73 bits per heavy atom. The minimum absolute atomic E-state index is 0.198. The zero-order valence-electron chi connectivity index (χ0n) is 9.96. The van der Waals surface area contributed by atoms with E-state index in [-0.39, 0.29) is 5.91 Å². The van der Waals surface area contributed by atoms with Crippen molar-refractivity contribution in [3.8, 4) is 0 Å². The molecule has 1 fully saturated rings. The Morgan fingerprint density at radius 1 is 1.47 bits per heavy atom. The maximum Gasteiger partial charge on any atom is 0.220 e. The van der Waals surface area contributed by atoms with Crippen molar-refractivity contribution in [2.45, 2.75) is 52.0 Å². The molecule has 1 aliphatic rings. The second-order valence-corrected chi connectivity index (χ2v) is 5.18. The molecule has 0 aromatic carbocycles. The summed E-state index contributed by atoms with van der Waals surface area (Å²) < 4.78 is 0. The first-order chi connectivity index (χ1) is 7.08. The zero-order chi connectivity index (χ0) is 11.3. The van der Waals surface area contributed by atoms with E-state index in [0.29, 0.717) is 24.3 Å². The molecule has 0 radical (unpaired) electrons. The number of amides is 1. The highest BCUT2D eigenvalue weighted by Gasteiger charge is 2.21. The molecule has 0 aromatic heterocycles. The van der Waals surface area contributed by atoms with Gasteiger partial charge in [-0.15, -0.1) is 0 Å². The van der Waals surface area contributed by atoms with Gasteiger partial charge in [0.25, 0.3) is 0 Å². The summed E-state index contributed by atoms with van der Waals surface area (Å²) in [5.74, 6) is 1.42. The largest absolute Gasteiger partial charge is 0.356 e. The van der Waals surface area contributed by atoms with Gasteiger partial charge in [0, 0.05) is 19.0 Å². The van der Waals surface area contributed by atoms with Gasteiger partial charge < -0.3 is 11.1 Å². The number of hydrogen-bond donors (Lipinski definition) is 2. The van der Waals surface area contributed by atoms with Gasteiger partial charge in [0.15, 0.2) is 0 Å². The van der Waals surface area contributed by atoms with Crippen molar-refractivity contribution in [2.24, 2.45) is 17.6 Å². The molecule has 1 saturated carbocycles. The maximum absolute atomic E-state index is 11.4. The first-order valence-electron chi connectivity index (χ1n) is 6.10. The van der Waals surface area contributed by atoms with E-state index in [1.165, 1.54) is 6.42 Å². The van der Waals surface area contributed by atoms with Crippen LogP contribution in [0.25, 0.3) is 0 Å². The molecule has 0 heterocycles. The molecule has 88 valence electrons. The quantitative estimate of drug-likeness (QED) is 0.728. The number of rotatable bonds is 5. The minimum atomic E-state index is 0.198. The van der Waals surface area contributed by atoms with Crippen LogP contribution in [0.3, 0.4) is 0 Å². The van der Waals surface area contributed by atoms with Gasteiger partial charge in [-0.1, -0.05) is 13.8 Å². The number of carbonyl (C=O) groups is 1. The molecule has 1 amide bonds. The molecule has 2 atom stereocenters. The van der Waals surface area contributed by atoms with Gasteiger partial charge in [0.2, 0.25) is 5.91 Å². The van der Waals surface area contributed by atoms with Crippen LogP contribution in [0.15, 0.2) is 0 Å². The summed E-state index contributed by atoms with van der Waals surface area (Å²) >= 11 is 0. The van der Waals surface area contributed by atoms with E-state index >= 15 is 0 Å². The average Bonchev–Trinajstić information content (AvgIpc) is 2.58. The summed E-state index contributed by atoms with van der Waals surface area (Å²) in [5, 5.41) is 3.01. The number of carbonyl (C=O) groups excluding carboxylic acids is 1. The van der Waals surface area contributed by atoms with Crippen LogP contribution in [-0.2, 0) is 4.79 Å².